The van der Waals surface area contributed by atoms with Crippen molar-refractivity contribution >= 4 is 17.1 Å². The van der Waals surface area contributed by atoms with Crippen LogP contribution in [0.5, 0.6) is 11.5 Å². The molecule has 1 aromatic heterocycles. The van der Waals surface area contributed by atoms with Crippen LogP contribution in [0.25, 0.3) is 0 Å². The summed E-state index contributed by atoms with van der Waals surface area (Å²) in [5.74, 6) is 0.336. The number of ketones is 1. The van der Waals surface area contributed by atoms with Gasteiger partial charge >= 0.3 is 0 Å². The lowest BCUT2D eigenvalue weighted by Gasteiger charge is -2.23. The fraction of sp³-hybridized carbons (Fsp3) is 0.412. The van der Waals surface area contributed by atoms with Gasteiger partial charge in [-0.15, -0.1) is 11.3 Å². The van der Waals surface area contributed by atoms with E-state index in [-0.39, 0.29) is 24.1 Å². The monoisotopic (exact) mass is 319 g/mol. The average Bonchev–Trinajstić information content (AvgIpc) is 2.95. The summed E-state index contributed by atoms with van der Waals surface area (Å²) in [5.41, 5.74) is 2.23. The number of carbonyl (C=O) groups excluding carboxylic acids is 1. The van der Waals surface area contributed by atoms with Crippen LogP contribution in [0.1, 0.15) is 53.3 Å². The van der Waals surface area contributed by atoms with Crippen LogP contribution < -0.4 is 4.74 Å². The third-order valence-corrected chi connectivity index (χ3v) is 4.56. The number of benzene rings is 1. The summed E-state index contributed by atoms with van der Waals surface area (Å²) in [6.45, 7) is 8.14. The number of rotatable bonds is 2. The predicted octanol–water partition coefficient (Wildman–Crippen LogP) is 4.10. The van der Waals surface area contributed by atoms with Crippen LogP contribution in [0.2, 0.25) is 0 Å². The van der Waals surface area contributed by atoms with E-state index in [4.69, 9.17) is 4.74 Å². The molecule has 4 nitrogen and oxygen atoms in total. The average molecular weight is 319 g/mol. The second kappa shape index (κ2) is 6.92. The van der Waals surface area contributed by atoms with Crippen molar-refractivity contribution in [2.45, 2.75) is 40.0 Å². The molecule has 1 N–H and O–H groups in total. The van der Waals surface area contributed by atoms with Gasteiger partial charge in [-0.25, -0.2) is 4.98 Å². The Balaban J connectivity index is 0.000000847. The molecular formula is C17H21NO3S. The number of phenols is 1. The van der Waals surface area contributed by atoms with E-state index in [2.05, 4.69) is 4.98 Å². The van der Waals surface area contributed by atoms with Crippen LogP contribution in [0.15, 0.2) is 17.5 Å². The summed E-state index contributed by atoms with van der Waals surface area (Å²) in [6.07, 6.45) is 0.674. The normalized spacial score (nSPS) is 16.4. The molecule has 0 aliphatic carbocycles. The van der Waals surface area contributed by atoms with E-state index < -0.39 is 0 Å². The van der Waals surface area contributed by atoms with Gasteiger partial charge in [0.05, 0.1) is 5.56 Å². The zero-order valence-electron chi connectivity index (χ0n) is 13.3. The molecule has 0 spiro atoms. The fourth-order valence-electron chi connectivity index (χ4n) is 2.36. The summed E-state index contributed by atoms with van der Waals surface area (Å²) in [7, 11) is 0. The first kappa shape index (κ1) is 16.5. The van der Waals surface area contributed by atoms with Crippen molar-refractivity contribution < 1.29 is 14.6 Å². The van der Waals surface area contributed by atoms with Gasteiger partial charge < -0.3 is 9.84 Å². The van der Waals surface area contributed by atoms with Gasteiger partial charge in [-0.3, -0.25) is 4.79 Å². The fourth-order valence-corrected chi connectivity index (χ4v) is 3.24. The molecule has 1 aliphatic heterocycles. The number of nitrogens with zero attached hydrogens (tertiary/aromatic N) is 1. The highest BCUT2D eigenvalue weighted by Crippen LogP contribution is 2.37. The van der Waals surface area contributed by atoms with Gasteiger partial charge in [-0.2, -0.15) is 0 Å². The molecule has 2 heterocycles. The maximum atomic E-state index is 12.6. The van der Waals surface area contributed by atoms with E-state index in [0.717, 1.165) is 16.3 Å². The van der Waals surface area contributed by atoms with E-state index in [1.54, 1.807) is 6.07 Å². The summed E-state index contributed by atoms with van der Waals surface area (Å²) in [4.78, 5) is 17.0. The molecule has 2 aromatic rings. The van der Waals surface area contributed by atoms with Crippen LogP contribution >= 0.6 is 11.3 Å². The number of aryl methyl sites for hydroxylation is 2. The number of fused-ring (bicyclic) bond motifs is 1. The molecule has 3 rings (SSSR count). The maximum Gasteiger partial charge on any atom is 0.179 e. The molecule has 0 radical (unpaired) electrons. The van der Waals surface area contributed by atoms with Gasteiger partial charge in [0.25, 0.3) is 0 Å². The van der Waals surface area contributed by atoms with Crippen molar-refractivity contribution in [3.05, 3.63) is 39.3 Å². The summed E-state index contributed by atoms with van der Waals surface area (Å²) >= 11 is 1.49. The van der Waals surface area contributed by atoms with Gasteiger partial charge in [0.2, 0.25) is 0 Å². The number of Topliss-reactive ketones (excluding diaryl/α,β-unsaturated/α-hetero) is 1. The number of hydrogen-bond acceptors (Lipinski definition) is 5. The zero-order valence-corrected chi connectivity index (χ0v) is 14.2. The first-order valence-corrected chi connectivity index (χ1v) is 8.43. The minimum absolute atomic E-state index is 0.0234. The van der Waals surface area contributed by atoms with Crippen LogP contribution in [0, 0.1) is 6.92 Å². The summed E-state index contributed by atoms with van der Waals surface area (Å²) < 4.78 is 5.64. The molecule has 0 bridgehead atoms. The lowest BCUT2D eigenvalue weighted by Crippen LogP contribution is -2.26. The summed E-state index contributed by atoms with van der Waals surface area (Å²) in [5, 5.41) is 12.6. The first-order chi connectivity index (χ1) is 10.6. The highest BCUT2D eigenvalue weighted by atomic mass is 32.1. The molecule has 118 valence electrons. The third-order valence-electron chi connectivity index (χ3n) is 3.48. The van der Waals surface area contributed by atoms with Crippen molar-refractivity contribution in [3.8, 4) is 11.5 Å². The number of phenolic OH excluding ortho intramolecular Hbond substituents is 1. The van der Waals surface area contributed by atoms with Crippen molar-refractivity contribution in [3.63, 3.8) is 0 Å². The topological polar surface area (TPSA) is 59.4 Å². The smallest absolute Gasteiger partial charge is 0.179 e. The Morgan fingerprint density at radius 1 is 1.41 bits per heavy atom. The van der Waals surface area contributed by atoms with E-state index in [1.165, 1.54) is 17.4 Å². The number of carbonyl (C=O) groups is 1. The van der Waals surface area contributed by atoms with Gasteiger partial charge in [-0.05, 0) is 25.0 Å². The Labute approximate surface area is 134 Å². The maximum absolute atomic E-state index is 12.6. The van der Waals surface area contributed by atoms with Crippen molar-refractivity contribution in [2.24, 2.45) is 0 Å². The quantitative estimate of drug-likeness (QED) is 0.905. The molecule has 1 aliphatic rings. The Kier molecular flexibility index (Phi) is 5.19. The van der Waals surface area contributed by atoms with Gasteiger partial charge in [0, 0.05) is 17.1 Å². The highest BCUT2D eigenvalue weighted by molar-refractivity contribution is 7.09. The second-order valence-corrected chi connectivity index (χ2v) is 5.78. The number of ether oxygens (including phenoxy) is 1. The van der Waals surface area contributed by atoms with Crippen LogP contribution in [-0.4, -0.2) is 22.5 Å². The number of aromatic nitrogens is 1. The molecule has 0 saturated carbocycles. The molecule has 22 heavy (non-hydrogen) atoms. The Bertz CT molecular complexity index is 679. The Morgan fingerprint density at radius 2 is 2.14 bits per heavy atom. The first-order valence-electron chi connectivity index (χ1n) is 7.55. The lowest BCUT2D eigenvalue weighted by molar-refractivity contribution is 0.0895. The van der Waals surface area contributed by atoms with Crippen molar-refractivity contribution in [1.82, 2.24) is 4.98 Å². The summed E-state index contributed by atoms with van der Waals surface area (Å²) in [6, 6.07) is 3.27. The van der Waals surface area contributed by atoms with Gasteiger partial charge in [0.15, 0.2) is 5.78 Å². The molecule has 1 aromatic carbocycles. The van der Waals surface area contributed by atoms with Crippen LogP contribution in [0.4, 0.5) is 0 Å². The van der Waals surface area contributed by atoms with E-state index in [9.17, 15) is 9.90 Å². The minimum Gasteiger partial charge on any atom is -0.508 e. The van der Waals surface area contributed by atoms with Gasteiger partial charge in [0.1, 0.15) is 29.0 Å². The predicted molar refractivity (Wildman–Crippen MR) is 88.3 cm³/mol. The third kappa shape index (κ3) is 2.99. The van der Waals surface area contributed by atoms with Crippen molar-refractivity contribution in [1.29, 1.82) is 0 Å². The van der Waals surface area contributed by atoms with E-state index in [0.29, 0.717) is 17.7 Å². The SMILES string of the molecule is CC.CCc1cc2c(cc1O)OCC(c1nc(C)cs1)C2=O. The lowest BCUT2D eigenvalue weighted by atomic mass is 9.93. The standard InChI is InChI=1S/C15H15NO3S.C2H6/c1-3-9-4-10-13(5-12(9)17)19-6-11(14(10)18)15-16-8(2)7-20-15;1-2/h4-5,7,11,17H,3,6H2,1-2H3;1-2H3. The van der Waals surface area contributed by atoms with E-state index in [1.807, 2.05) is 33.1 Å². The zero-order chi connectivity index (χ0) is 16.3. The molecule has 1 unspecified atom stereocenters. The van der Waals surface area contributed by atoms with E-state index >= 15 is 0 Å². The Hall–Kier alpha value is -1.88. The molecule has 0 saturated heterocycles. The minimum atomic E-state index is -0.338. The molecule has 0 fully saturated rings. The highest BCUT2D eigenvalue weighted by Gasteiger charge is 2.32. The van der Waals surface area contributed by atoms with Gasteiger partial charge in [-0.1, -0.05) is 20.8 Å². The number of hydrogen-bond donors (Lipinski definition) is 1. The number of aromatic hydroxyl groups is 1. The number of thiazole rings is 1. The van der Waals surface area contributed by atoms with Crippen LogP contribution in [-0.2, 0) is 6.42 Å². The second-order valence-electron chi connectivity index (χ2n) is 4.89. The molecule has 0 amide bonds. The van der Waals surface area contributed by atoms with Crippen molar-refractivity contribution in [2.75, 3.05) is 6.61 Å². The largest absolute Gasteiger partial charge is 0.508 e. The molecule has 5 heteroatoms. The Morgan fingerprint density at radius 3 is 2.73 bits per heavy atom. The molecular weight excluding hydrogens is 298 g/mol. The van der Waals surface area contributed by atoms with Crippen LogP contribution in [0.3, 0.4) is 0 Å². The molecule has 1 atom stereocenters.